The Morgan fingerprint density at radius 1 is 0.824 bits per heavy atom. The van der Waals surface area contributed by atoms with Gasteiger partial charge in [-0.2, -0.15) is 0 Å². The Morgan fingerprint density at radius 3 is 2.18 bits per heavy atom. The molecule has 1 aliphatic heterocycles. The van der Waals surface area contributed by atoms with Crippen LogP contribution in [0.3, 0.4) is 0 Å². The third-order valence-electron chi connectivity index (χ3n) is 5.69. The van der Waals surface area contributed by atoms with Gasteiger partial charge in [0, 0.05) is 29.2 Å². The van der Waals surface area contributed by atoms with Crippen molar-refractivity contribution >= 4 is 40.6 Å². The fraction of sp³-hybridized carbons (Fsp3) is 0.192. The Morgan fingerprint density at radius 2 is 1.47 bits per heavy atom. The van der Waals surface area contributed by atoms with Gasteiger partial charge in [0.25, 0.3) is 11.8 Å². The van der Waals surface area contributed by atoms with Crippen LogP contribution < -0.4 is 10.6 Å². The standard InChI is InChI=1S/C26H24ClFN4O2/c27-19-12-13-23(21(28)16-19)31-26(34)20-6-2-3-7-22(20)30-25(33)18-10-8-17(9-11-18)24(29)32-14-4-1-5-15-32/h2-3,6-13,16,29H,1,4-5,14-15H2,(H,30,33)(H,31,34). The van der Waals surface area contributed by atoms with E-state index in [9.17, 15) is 14.0 Å². The summed E-state index contributed by atoms with van der Waals surface area (Å²) in [6.45, 7) is 1.75. The van der Waals surface area contributed by atoms with Gasteiger partial charge >= 0.3 is 0 Å². The van der Waals surface area contributed by atoms with Crippen molar-refractivity contribution in [3.8, 4) is 0 Å². The van der Waals surface area contributed by atoms with Crippen LogP contribution in [0.4, 0.5) is 15.8 Å². The zero-order chi connectivity index (χ0) is 24.1. The number of nitrogens with zero attached hydrogens (tertiary/aromatic N) is 1. The predicted octanol–water partition coefficient (Wildman–Crippen LogP) is 5.79. The van der Waals surface area contributed by atoms with Gasteiger partial charge in [-0.25, -0.2) is 4.39 Å². The third-order valence-corrected chi connectivity index (χ3v) is 5.93. The van der Waals surface area contributed by atoms with Crippen LogP contribution in [0.2, 0.25) is 5.02 Å². The van der Waals surface area contributed by atoms with Gasteiger partial charge < -0.3 is 15.5 Å². The number of benzene rings is 3. The lowest BCUT2D eigenvalue weighted by molar-refractivity contribution is 0.102. The minimum atomic E-state index is -0.655. The van der Waals surface area contributed by atoms with E-state index in [1.807, 2.05) is 0 Å². The Bertz CT molecular complexity index is 1220. The molecule has 4 rings (SSSR count). The number of nitrogens with one attached hydrogen (secondary N) is 3. The van der Waals surface area contributed by atoms with Crippen molar-refractivity contribution in [1.82, 2.24) is 4.90 Å². The summed E-state index contributed by atoms with van der Waals surface area (Å²) in [5.41, 5.74) is 1.62. The second-order valence-corrected chi connectivity index (χ2v) is 8.49. The van der Waals surface area contributed by atoms with Crippen molar-refractivity contribution in [3.63, 3.8) is 0 Å². The van der Waals surface area contributed by atoms with Crippen LogP contribution in [0.1, 0.15) is 45.5 Å². The van der Waals surface area contributed by atoms with E-state index in [1.165, 1.54) is 18.6 Å². The normalized spacial score (nSPS) is 13.3. The van der Waals surface area contributed by atoms with Crippen molar-refractivity contribution in [1.29, 1.82) is 5.41 Å². The molecule has 1 saturated heterocycles. The second-order valence-electron chi connectivity index (χ2n) is 8.05. The lowest BCUT2D eigenvalue weighted by Gasteiger charge is -2.29. The smallest absolute Gasteiger partial charge is 0.257 e. The number of amidine groups is 1. The first-order valence-corrected chi connectivity index (χ1v) is 11.4. The summed E-state index contributed by atoms with van der Waals surface area (Å²) in [5.74, 6) is -1.16. The van der Waals surface area contributed by atoms with E-state index in [1.54, 1.807) is 48.5 Å². The number of anilines is 2. The average molecular weight is 479 g/mol. The number of piperidine rings is 1. The summed E-state index contributed by atoms with van der Waals surface area (Å²) in [5, 5.41) is 13.9. The number of carbonyl (C=O) groups excluding carboxylic acids is 2. The fourth-order valence-electron chi connectivity index (χ4n) is 3.84. The number of halogens is 2. The zero-order valence-corrected chi connectivity index (χ0v) is 19.2. The third kappa shape index (κ3) is 5.43. The van der Waals surface area contributed by atoms with Gasteiger partial charge in [0.05, 0.1) is 16.9 Å². The van der Waals surface area contributed by atoms with Crippen molar-refractivity contribution in [2.75, 3.05) is 23.7 Å². The molecule has 0 unspecified atom stereocenters. The van der Waals surface area contributed by atoms with Crippen molar-refractivity contribution in [2.24, 2.45) is 0 Å². The first kappa shape index (κ1) is 23.4. The molecular formula is C26H24ClFN4O2. The number of likely N-dealkylation sites (tertiary alicyclic amines) is 1. The number of carbonyl (C=O) groups is 2. The highest BCUT2D eigenvalue weighted by atomic mass is 35.5. The van der Waals surface area contributed by atoms with Crippen molar-refractivity contribution in [3.05, 3.63) is 94.3 Å². The van der Waals surface area contributed by atoms with Crippen molar-refractivity contribution in [2.45, 2.75) is 19.3 Å². The summed E-state index contributed by atoms with van der Waals surface area (Å²) in [4.78, 5) is 27.7. The van der Waals surface area contributed by atoms with Gasteiger partial charge in [0.15, 0.2) is 0 Å². The van der Waals surface area contributed by atoms with E-state index in [0.717, 1.165) is 37.6 Å². The first-order chi connectivity index (χ1) is 16.4. The molecule has 174 valence electrons. The lowest BCUT2D eigenvalue weighted by Crippen LogP contribution is -2.35. The Labute approximate surface area is 202 Å². The number of rotatable bonds is 5. The topological polar surface area (TPSA) is 85.3 Å². The Kier molecular flexibility index (Phi) is 7.23. The monoisotopic (exact) mass is 478 g/mol. The molecule has 3 aromatic rings. The molecule has 8 heteroatoms. The first-order valence-electron chi connectivity index (χ1n) is 11.0. The summed E-state index contributed by atoms with van der Waals surface area (Å²) >= 11 is 5.76. The molecule has 1 heterocycles. The van der Waals surface area contributed by atoms with Gasteiger partial charge in [-0.3, -0.25) is 15.0 Å². The number of para-hydroxylation sites is 1. The molecule has 0 saturated carbocycles. The molecule has 6 nitrogen and oxygen atoms in total. The largest absolute Gasteiger partial charge is 0.357 e. The predicted molar refractivity (Wildman–Crippen MR) is 132 cm³/mol. The van der Waals surface area contributed by atoms with E-state index >= 15 is 0 Å². The molecule has 1 fully saturated rings. The number of hydrogen-bond acceptors (Lipinski definition) is 3. The average Bonchev–Trinajstić information content (AvgIpc) is 2.86. The Hall–Kier alpha value is -3.71. The van der Waals surface area contributed by atoms with Gasteiger partial charge in [-0.1, -0.05) is 35.9 Å². The van der Waals surface area contributed by atoms with Gasteiger partial charge in [-0.05, 0) is 61.7 Å². The molecule has 3 aromatic carbocycles. The van der Waals surface area contributed by atoms with Crippen LogP contribution in [0, 0.1) is 11.2 Å². The fourth-order valence-corrected chi connectivity index (χ4v) is 4.00. The lowest BCUT2D eigenvalue weighted by atomic mass is 10.1. The van der Waals surface area contributed by atoms with Gasteiger partial charge in [-0.15, -0.1) is 0 Å². The van der Waals surface area contributed by atoms with E-state index in [2.05, 4.69) is 15.5 Å². The molecule has 3 N–H and O–H groups in total. The highest BCUT2D eigenvalue weighted by Gasteiger charge is 2.18. The molecule has 34 heavy (non-hydrogen) atoms. The molecule has 0 radical (unpaired) electrons. The highest BCUT2D eigenvalue weighted by molar-refractivity contribution is 6.30. The van der Waals surface area contributed by atoms with Crippen molar-refractivity contribution < 1.29 is 14.0 Å². The van der Waals surface area contributed by atoms with E-state index < -0.39 is 17.6 Å². The van der Waals surface area contributed by atoms with Crippen LogP contribution in [0.25, 0.3) is 0 Å². The maximum absolute atomic E-state index is 14.1. The van der Waals surface area contributed by atoms with E-state index in [4.69, 9.17) is 17.0 Å². The highest BCUT2D eigenvalue weighted by Crippen LogP contribution is 2.22. The van der Waals surface area contributed by atoms with Crippen LogP contribution >= 0.6 is 11.6 Å². The van der Waals surface area contributed by atoms with Gasteiger partial charge in [0.1, 0.15) is 11.7 Å². The molecule has 2 amide bonds. The van der Waals surface area contributed by atoms with Crippen LogP contribution in [0.15, 0.2) is 66.7 Å². The molecule has 0 aliphatic carbocycles. The summed E-state index contributed by atoms with van der Waals surface area (Å²) in [7, 11) is 0. The van der Waals surface area contributed by atoms with Crippen LogP contribution in [-0.4, -0.2) is 35.6 Å². The SMILES string of the molecule is N=C(c1ccc(C(=O)Nc2ccccc2C(=O)Nc2ccc(Cl)cc2F)cc1)N1CCCCC1. The number of amides is 2. The van der Waals surface area contributed by atoms with Crippen LogP contribution in [-0.2, 0) is 0 Å². The minimum absolute atomic E-state index is 0.0118. The second kappa shape index (κ2) is 10.5. The molecule has 0 aromatic heterocycles. The maximum Gasteiger partial charge on any atom is 0.257 e. The number of hydrogen-bond donors (Lipinski definition) is 3. The molecule has 0 bridgehead atoms. The van der Waals surface area contributed by atoms with E-state index in [0.29, 0.717) is 17.1 Å². The maximum atomic E-state index is 14.1. The summed E-state index contributed by atoms with van der Waals surface area (Å²) < 4.78 is 14.1. The molecule has 0 atom stereocenters. The van der Waals surface area contributed by atoms with E-state index in [-0.39, 0.29) is 16.3 Å². The molecule has 1 aliphatic rings. The molecular weight excluding hydrogens is 455 g/mol. The Balaban J connectivity index is 1.46. The summed E-state index contributed by atoms with van der Waals surface area (Å²) in [6.07, 6.45) is 3.36. The zero-order valence-electron chi connectivity index (χ0n) is 18.4. The minimum Gasteiger partial charge on any atom is -0.357 e. The quantitative estimate of drug-likeness (QED) is 0.320. The summed E-state index contributed by atoms with van der Waals surface area (Å²) in [6, 6.07) is 17.3. The van der Waals surface area contributed by atoms with Crippen LogP contribution in [0.5, 0.6) is 0 Å². The van der Waals surface area contributed by atoms with Gasteiger partial charge in [0.2, 0.25) is 0 Å². The molecule has 0 spiro atoms.